The molecule has 14 heavy (non-hydrogen) atoms. The normalized spacial score (nSPS) is 12.8. The summed E-state index contributed by atoms with van der Waals surface area (Å²) in [6, 6.07) is 6.45. The summed E-state index contributed by atoms with van der Waals surface area (Å²) in [5, 5.41) is 3.37. The zero-order chi connectivity index (χ0) is 10.4. The Morgan fingerprint density at radius 2 is 2.29 bits per heavy atom. The minimum absolute atomic E-state index is 0.388. The van der Waals surface area contributed by atoms with Crippen molar-refractivity contribution in [2.24, 2.45) is 0 Å². The molecule has 1 N–H and O–H groups in total. The number of aromatic nitrogens is 1. The van der Waals surface area contributed by atoms with E-state index in [1.165, 1.54) is 0 Å². The van der Waals surface area contributed by atoms with Gasteiger partial charge in [-0.05, 0) is 25.5 Å². The Bertz CT molecular complexity index is 272. The fourth-order valence-corrected chi connectivity index (χ4v) is 1.58. The molecule has 1 aromatic rings. The maximum absolute atomic E-state index is 5.78. The van der Waals surface area contributed by atoms with Gasteiger partial charge in [0.05, 0.1) is 5.69 Å². The Morgan fingerprint density at radius 1 is 1.50 bits per heavy atom. The van der Waals surface area contributed by atoms with Crippen LogP contribution >= 0.6 is 11.6 Å². The van der Waals surface area contributed by atoms with Crippen LogP contribution in [0.1, 0.15) is 24.7 Å². The van der Waals surface area contributed by atoms with Crippen LogP contribution in [0.5, 0.6) is 0 Å². The van der Waals surface area contributed by atoms with Crippen molar-refractivity contribution >= 4 is 11.6 Å². The van der Waals surface area contributed by atoms with Crippen LogP contribution in [0.3, 0.4) is 0 Å². The van der Waals surface area contributed by atoms with Crippen LogP contribution < -0.4 is 5.32 Å². The topological polar surface area (TPSA) is 24.9 Å². The summed E-state index contributed by atoms with van der Waals surface area (Å²) in [5.41, 5.74) is 2.14. The fraction of sp³-hybridized carbons (Fsp3) is 0.545. The second kappa shape index (κ2) is 5.99. The first-order chi connectivity index (χ1) is 6.76. The Labute approximate surface area is 90.7 Å². The van der Waals surface area contributed by atoms with Gasteiger partial charge in [0, 0.05) is 24.2 Å². The zero-order valence-electron chi connectivity index (χ0n) is 8.76. The van der Waals surface area contributed by atoms with Crippen LogP contribution in [0.4, 0.5) is 0 Å². The van der Waals surface area contributed by atoms with Gasteiger partial charge in [0.1, 0.15) is 0 Å². The van der Waals surface area contributed by atoms with Crippen LogP contribution in [0.15, 0.2) is 18.2 Å². The van der Waals surface area contributed by atoms with Gasteiger partial charge in [-0.3, -0.25) is 4.98 Å². The highest BCUT2D eigenvalue weighted by Gasteiger charge is 2.03. The lowest BCUT2D eigenvalue weighted by Gasteiger charge is -2.13. The molecule has 1 rings (SSSR count). The third-order valence-electron chi connectivity index (χ3n) is 2.20. The minimum atomic E-state index is 0.388. The predicted molar refractivity (Wildman–Crippen MR) is 60.6 cm³/mol. The van der Waals surface area contributed by atoms with Gasteiger partial charge in [-0.1, -0.05) is 13.0 Å². The standard InChI is InChI=1S/C11H17ClN2/c1-3-10(7-12)13-8-11-6-4-5-9(2)14-11/h4-6,10,13H,3,7-8H2,1-2H3. The average molecular weight is 213 g/mol. The van der Waals surface area contributed by atoms with Crippen molar-refractivity contribution in [3.05, 3.63) is 29.6 Å². The first kappa shape index (κ1) is 11.5. The molecule has 78 valence electrons. The molecule has 0 aliphatic carbocycles. The summed E-state index contributed by atoms with van der Waals surface area (Å²) in [5.74, 6) is 0.655. The molecule has 3 heteroatoms. The monoisotopic (exact) mass is 212 g/mol. The van der Waals surface area contributed by atoms with E-state index in [4.69, 9.17) is 11.6 Å². The molecule has 0 bridgehead atoms. The molecule has 2 nitrogen and oxygen atoms in total. The quantitative estimate of drug-likeness (QED) is 0.759. The summed E-state index contributed by atoms with van der Waals surface area (Å²) in [7, 11) is 0. The first-order valence-electron chi connectivity index (χ1n) is 4.98. The van der Waals surface area contributed by atoms with Crippen LogP contribution in [-0.2, 0) is 6.54 Å². The third kappa shape index (κ3) is 3.64. The first-order valence-corrected chi connectivity index (χ1v) is 5.51. The highest BCUT2D eigenvalue weighted by Crippen LogP contribution is 2.00. The van der Waals surface area contributed by atoms with E-state index in [0.29, 0.717) is 11.9 Å². The Balaban J connectivity index is 2.44. The molecule has 0 saturated heterocycles. The molecule has 1 atom stereocenters. The van der Waals surface area contributed by atoms with Crippen molar-refractivity contribution in [2.45, 2.75) is 32.9 Å². The molecule has 0 aliphatic rings. The van der Waals surface area contributed by atoms with Crippen LogP contribution in [0.25, 0.3) is 0 Å². The lowest BCUT2D eigenvalue weighted by molar-refractivity contribution is 0.533. The molecule has 0 spiro atoms. The number of aryl methyl sites for hydroxylation is 1. The van der Waals surface area contributed by atoms with Gasteiger partial charge in [0.15, 0.2) is 0 Å². The summed E-state index contributed by atoms with van der Waals surface area (Å²) < 4.78 is 0. The van der Waals surface area contributed by atoms with Gasteiger partial charge in [0.25, 0.3) is 0 Å². The highest BCUT2D eigenvalue weighted by atomic mass is 35.5. The minimum Gasteiger partial charge on any atom is -0.307 e. The van der Waals surface area contributed by atoms with E-state index in [2.05, 4.69) is 17.2 Å². The summed E-state index contributed by atoms with van der Waals surface area (Å²) in [4.78, 5) is 4.41. The zero-order valence-corrected chi connectivity index (χ0v) is 9.51. The Kier molecular flexibility index (Phi) is 4.91. The number of hydrogen-bond acceptors (Lipinski definition) is 2. The van der Waals surface area contributed by atoms with Crippen LogP contribution in [-0.4, -0.2) is 16.9 Å². The predicted octanol–water partition coefficient (Wildman–Crippen LogP) is 2.50. The van der Waals surface area contributed by atoms with Crippen molar-refractivity contribution in [1.82, 2.24) is 10.3 Å². The van der Waals surface area contributed by atoms with Crippen molar-refractivity contribution in [1.29, 1.82) is 0 Å². The fourth-order valence-electron chi connectivity index (χ4n) is 1.25. The van der Waals surface area contributed by atoms with Crippen LogP contribution in [0.2, 0.25) is 0 Å². The largest absolute Gasteiger partial charge is 0.307 e. The van der Waals surface area contributed by atoms with E-state index in [9.17, 15) is 0 Å². The number of alkyl halides is 1. The van der Waals surface area contributed by atoms with Gasteiger partial charge in [-0.2, -0.15) is 0 Å². The van der Waals surface area contributed by atoms with Crippen LogP contribution in [0, 0.1) is 6.92 Å². The van der Waals surface area contributed by atoms with Gasteiger partial charge >= 0.3 is 0 Å². The second-order valence-corrected chi connectivity index (χ2v) is 3.72. The van der Waals surface area contributed by atoms with E-state index < -0.39 is 0 Å². The molecular weight excluding hydrogens is 196 g/mol. The lowest BCUT2D eigenvalue weighted by Crippen LogP contribution is -2.29. The van der Waals surface area contributed by atoms with Crippen molar-refractivity contribution in [2.75, 3.05) is 5.88 Å². The van der Waals surface area contributed by atoms with Gasteiger partial charge in [0.2, 0.25) is 0 Å². The van der Waals surface area contributed by atoms with E-state index in [1.54, 1.807) is 0 Å². The smallest absolute Gasteiger partial charge is 0.0544 e. The maximum Gasteiger partial charge on any atom is 0.0544 e. The Hall–Kier alpha value is -0.600. The molecule has 1 heterocycles. The molecule has 1 unspecified atom stereocenters. The Morgan fingerprint density at radius 3 is 2.86 bits per heavy atom. The van der Waals surface area contributed by atoms with Crippen molar-refractivity contribution in [3.63, 3.8) is 0 Å². The number of pyridine rings is 1. The van der Waals surface area contributed by atoms with E-state index in [0.717, 1.165) is 24.4 Å². The molecule has 0 aliphatic heterocycles. The molecule has 0 amide bonds. The van der Waals surface area contributed by atoms with Gasteiger partial charge < -0.3 is 5.32 Å². The SMILES string of the molecule is CCC(CCl)NCc1cccc(C)n1. The maximum atomic E-state index is 5.78. The number of halogens is 1. The molecule has 0 saturated carbocycles. The lowest BCUT2D eigenvalue weighted by atomic mass is 10.2. The highest BCUT2D eigenvalue weighted by molar-refractivity contribution is 6.18. The average Bonchev–Trinajstić information content (AvgIpc) is 2.19. The van der Waals surface area contributed by atoms with Crippen molar-refractivity contribution < 1.29 is 0 Å². The van der Waals surface area contributed by atoms with Crippen molar-refractivity contribution in [3.8, 4) is 0 Å². The van der Waals surface area contributed by atoms with Gasteiger partial charge in [-0.15, -0.1) is 11.6 Å². The molecule has 1 aromatic heterocycles. The number of rotatable bonds is 5. The van der Waals surface area contributed by atoms with E-state index >= 15 is 0 Å². The molecular formula is C11H17ClN2. The van der Waals surface area contributed by atoms with E-state index in [-0.39, 0.29) is 0 Å². The second-order valence-electron chi connectivity index (χ2n) is 3.41. The summed E-state index contributed by atoms with van der Waals surface area (Å²) >= 11 is 5.78. The molecule has 0 fully saturated rings. The third-order valence-corrected chi connectivity index (χ3v) is 2.57. The summed E-state index contributed by atoms with van der Waals surface area (Å²) in [6.45, 7) is 4.93. The number of nitrogens with zero attached hydrogens (tertiary/aromatic N) is 1. The van der Waals surface area contributed by atoms with Gasteiger partial charge in [-0.25, -0.2) is 0 Å². The number of nitrogens with one attached hydrogen (secondary N) is 1. The number of hydrogen-bond donors (Lipinski definition) is 1. The summed E-state index contributed by atoms with van der Waals surface area (Å²) in [6.07, 6.45) is 1.05. The molecule has 0 radical (unpaired) electrons. The molecule has 0 aromatic carbocycles. The van der Waals surface area contributed by atoms with E-state index in [1.807, 2.05) is 25.1 Å².